The third-order valence-electron chi connectivity index (χ3n) is 3.50. The van der Waals surface area contributed by atoms with Crippen molar-refractivity contribution in [3.8, 4) is 0 Å². The highest BCUT2D eigenvalue weighted by molar-refractivity contribution is 6.05. The van der Waals surface area contributed by atoms with E-state index in [0.29, 0.717) is 25.3 Å². The van der Waals surface area contributed by atoms with Crippen LogP contribution in [0.2, 0.25) is 0 Å². The number of benzene rings is 1. The molecule has 0 aromatic heterocycles. The zero-order chi connectivity index (χ0) is 13.2. The van der Waals surface area contributed by atoms with Crippen molar-refractivity contribution < 1.29 is 14.3 Å². The van der Waals surface area contributed by atoms with Gasteiger partial charge >= 0.3 is 0 Å². The van der Waals surface area contributed by atoms with Crippen LogP contribution in [0.25, 0.3) is 0 Å². The molecule has 1 N–H and O–H groups in total. The summed E-state index contributed by atoms with van der Waals surface area (Å²) >= 11 is 0. The summed E-state index contributed by atoms with van der Waals surface area (Å²) in [6, 6.07) is 7.38. The molecule has 2 aliphatic heterocycles. The smallest absolute Gasteiger partial charge is 0.256 e. The summed E-state index contributed by atoms with van der Waals surface area (Å²) < 4.78 is 5.45. The molecule has 2 heterocycles. The zero-order valence-electron chi connectivity index (χ0n) is 10.6. The van der Waals surface area contributed by atoms with Gasteiger partial charge in [0, 0.05) is 19.6 Å². The van der Waals surface area contributed by atoms with Gasteiger partial charge in [0.25, 0.3) is 5.91 Å². The molecule has 2 amide bonds. The number of nitrogens with one attached hydrogen (secondary N) is 1. The van der Waals surface area contributed by atoms with Gasteiger partial charge in [0.05, 0.1) is 11.4 Å². The molecule has 1 aromatic rings. The van der Waals surface area contributed by atoms with Gasteiger partial charge in [-0.25, -0.2) is 0 Å². The van der Waals surface area contributed by atoms with E-state index < -0.39 is 0 Å². The van der Waals surface area contributed by atoms with Crippen molar-refractivity contribution in [3.63, 3.8) is 0 Å². The molecule has 0 aliphatic carbocycles. The number of amides is 2. The standard InChI is InChI=1S/C14H16N2O3/c17-13-7-8-16(14(18)12-6-3-9-19-12)11-5-2-1-4-10(11)15-13/h1-2,4-5,12H,3,6-9H2,(H,15,17). The van der Waals surface area contributed by atoms with E-state index in [0.717, 1.165) is 18.5 Å². The second-order valence-electron chi connectivity index (χ2n) is 4.81. The molecule has 1 aromatic carbocycles. The third-order valence-corrected chi connectivity index (χ3v) is 3.50. The molecule has 1 fully saturated rings. The van der Waals surface area contributed by atoms with Crippen LogP contribution >= 0.6 is 0 Å². The second-order valence-corrected chi connectivity index (χ2v) is 4.81. The molecule has 2 aliphatic rings. The quantitative estimate of drug-likeness (QED) is 0.833. The van der Waals surface area contributed by atoms with Crippen LogP contribution in [0.1, 0.15) is 19.3 Å². The van der Waals surface area contributed by atoms with Crippen LogP contribution in [0, 0.1) is 0 Å². The monoisotopic (exact) mass is 260 g/mol. The Kier molecular flexibility index (Phi) is 3.21. The molecule has 0 bridgehead atoms. The Labute approximate surface area is 111 Å². The third kappa shape index (κ3) is 2.33. The molecule has 5 heteroatoms. The fraction of sp³-hybridized carbons (Fsp3) is 0.429. The van der Waals surface area contributed by atoms with Crippen LogP contribution in [0.5, 0.6) is 0 Å². The lowest BCUT2D eigenvalue weighted by Gasteiger charge is -2.24. The van der Waals surface area contributed by atoms with Gasteiger partial charge in [-0.1, -0.05) is 12.1 Å². The van der Waals surface area contributed by atoms with Gasteiger partial charge in [0.1, 0.15) is 6.10 Å². The number of ether oxygens (including phenoxy) is 1. The maximum Gasteiger partial charge on any atom is 0.256 e. The van der Waals surface area contributed by atoms with Crippen LogP contribution in [-0.4, -0.2) is 31.1 Å². The van der Waals surface area contributed by atoms with Crippen molar-refractivity contribution in [3.05, 3.63) is 24.3 Å². The number of hydrogen-bond donors (Lipinski definition) is 1. The van der Waals surface area contributed by atoms with Crippen LogP contribution in [-0.2, 0) is 14.3 Å². The molecular weight excluding hydrogens is 244 g/mol. The molecule has 19 heavy (non-hydrogen) atoms. The minimum atomic E-state index is -0.360. The van der Waals surface area contributed by atoms with Crippen molar-refractivity contribution in [2.24, 2.45) is 0 Å². The summed E-state index contributed by atoms with van der Waals surface area (Å²) in [6.07, 6.45) is 1.64. The lowest BCUT2D eigenvalue weighted by atomic mass is 10.2. The molecule has 3 rings (SSSR count). The predicted octanol–water partition coefficient (Wildman–Crippen LogP) is 1.54. The van der Waals surface area contributed by atoms with Gasteiger partial charge in [0.2, 0.25) is 5.91 Å². The lowest BCUT2D eigenvalue weighted by molar-refractivity contribution is -0.127. The van der Waals surface area contributed by atoms with Crippen LogP contribution in [0.4, 0.5) is 11.4 Å². The van der Waals surface area contributed by atoms with Crippen LogP contribution in [0.15, 0.2) is 24.3 Å². The number of nitrogens with zero attached hydrogens (tertiary/aromatic N) is 1. The second kappa shape index (κ2) is 5.01. The average molecular weight is 260 g/mol. The van der Waals surface area contributed by atoms with Crippen molar-refractivity contribution in [1.82, 2.24) is 0 Å². The van der Waals surface area contributed by atoms with Gasteiger partial charge < -0.3 is 15.0 Å². The minimum Gasteiger partial charge on any atom is -0.368 e. The van der Waals surface area contributed by atoms with Crippen molar-refractivity contribution in [1.29, 1.82) is 0 Å². The van der Waals surface area contributed by atoms with E-state index in [1.54, 1.807) is 4.90 Å². The molecule has 0 radical (unpaired) electrons. The van der Waals surface area contributed by atoms with Gasteiger partial charge in [0.15, 0.2) is 0 Å². The fourth-order valence-corrected chi connectivity index (χ4v) is 2.54. The maximum atomic E-state index is 12.5. The highest BCUT2D eigenvalue weighted by atomic mass is 16.5. The summed E-state index contributed by atoms with van der Waals surface area (Å²) in [7, 11) is 0. The highest BCUT2D eigenvalue weighted by Gasteiger charge is 2.31. The Morgan fingerprint density at radius 3 is 3.00 bits per heavy atom. The van der Waals surface area contributed by atoms with E-state index in [4.69, 9.17) is 4.74 Å². The molecule has 1 atom stereocenters. The summed E-state index contributed by atoms with van der Waals surface area (Å²) in [4.78, 5) is 25.8. The Bertz CT molecular complexity index is 509. The highest BCUT2D eigenvalue weighted by Crippen LogP contribution is 2.30. The van der Waals surface area contributed by atoms with Crippen LogP contribution in [0.3, 0.4) is 0 Å². The first-order chi connectivity index (χ1) is 9.25. The van der Waals surface area contributed by atoms with E-state index in [-0.39, 0.29) is 17.9 Å². The minimum absolute atomic E-state index is 0.0403. The number of hydrogen-bond acceptors (Lipinski definition) is 3. The Morgan fingerprint density at radius 1 is 1.37 bits per heavy atom. The molecule has 1 saturated heterocycles. The van der Waals surface area contributed by atoms with Gasteiger partial charge in [-0.15, -0.1) is 0 Å². The summed E-state index contributed by atoms with van der Waals surface area (Å²) in [5, 5.41) is 2.82. The molecule has 100 valence electrons. The summed E-state index contributed by atoms with van der Waals surface area (Å²) in [6.45, 7) is 1.05. The van der Waals surface area contributed by atoms with E-state index in [9.17, 15) is 9.59 Å². The zero-order valence-corrected chi connectivity index (χ0v) is 10.6. The van der Waals surface area contributed by atoms with Crippen LogP contribution < -0.4 is 10.2 Å². The molecule has 0 spiro atoms. The summed E-state index contributed by atoms with van der Waals surface area (Å²) in [5.41, 5.74) is 1.45. The van der Waals surface area contributed by atoms with Gasteiger partial charge in [-0.05, 0) is 25.0 Å². The topological polar surface area (TPSA) is 58.6 Å². The first-order valence-electron chi connectivity index (χ1n) is 6.57. The Morgan fingerprint density at radius 2 is 2.21 bits per heavy atom. The fourth-order valence-electron chi connectivity index (χ4n) is 2.54. The number of fused-ring (bicyclic) bond motifs is 1. The van der Waals surface area contributed by atoms with Crippen molar-refractivity contribution in [2.75, 3.05) is 23.4 Å². The van der Waals surface area contributed by atoms with E-state index in [2.05, 4.69) is 5.32 Å². The number of carbonyl (C=O) groups is 2. The largest absolute Gasteiger partial charge is 0.368 e. The Hall–Kier alpha value is -1.88. The van der Waals surface area contributed by atoms with E-state index in [1.807, 2.05) is 24.3 Å². The maximum absolute atomic E-state index is 12.5. The first kappa shape index (κ1) is 12.2. The first-order valence-corrected chi connectivity index (χ1v) is 6.57. The Balaban J connectivity index is 1.92. The van der Waals surface area contributed by atoms with E-state index in [1.165, 1.54) is 0 Å². The molecular formula is C14H16N2O3. The van der Waals surface area contributed by atoms with E-state index >= 15 is 0 Å². The molecule has 0 saturated carbocycles. The number of para-hydroxylation sites is 2. The average Bonchev–Trinajstić information content (AvgIpc) is 2.89. The predicted molar refractivity (Wildman–Crippen MR) is 71.0 cm³/mol. The number of anilines is 2. The molecule has 5 nitrogen and oxygen atoms in total. The van der Waals surface area contributed by atoms with Gasteiger partial charge in [-0.2, -0.15) is 0 Å². The number of rotatable bonds is 1. The number of carbonyl (C=O) groups excluding carboxylic acids is 2. The lowest BCUT2D eigenvalue weighted by Crippen LogP contribution is -2.39. The SMILES string of the molecule is O=C1CCN(C(=O)C2CCCO2)c2ccccc2N1. The van der Waals surface area contributed by atoms with Gasteiger partial charge in [-0.3, -0.25) is 9.59 Å². The van der Waals surface area contributed by atoms with Crippen molar-refractivity contribution in [2.45, 2.75) is 25.4 Å². The summed E-state index contributed by atoms with van der Waals surface area (Å²) in [5.74, 6) is -0.100. The normalized spacial score (nSPS) is 22.6. The molecule has 1 unspecified atom stereocenters. The van der Waals surface area contributed by atoms with Crippen molar-refractivity contribution >= 4 is 23.2 Å².